The molecule has 1 amide bonds. The van der Waals surface area contributed by atoms with Crippen LogP contribution in [0.2, 0.25) is 0 Å². The highest BCUT2D eigenvalue weighted by molar-refractivity contribution is 5.96. The van der Waals surface area contributed by atoms with Crippen molar-refractivity contribution in [3.63, 3.8) is 0 Å². The van der Waals surface area contributed by atoms with Crippen molar-refractivity contribution in [1.82, 2.24) is 10.1 Å². The Hall–Kier alpha value is -3.61. The fraction of sp³-hybridized carbons (Fsp3) is 0.320. The lowest BCUT2D eigenvalue weighted by Gasteiger charge is -2.34. The largest absolute Gasteiger partial charge is 0.488 e. The van der Waals surface area contributed by atoms with Gasteiger partial charge in [0.15, 0.2) is 5.69 Å². The van der Waals surface area contributed by atoms with Gasteiger partial charge in [-0.1, -0.05) is 47.6 Å². The third-order valence-electron chi connectivity index (χ3n) is 5.94. The molecule has 1 atom stereocenters. The van der Waals surface area contributed by atoms with Crippen molar-refractivity contribution in [2.24, 2.45) is 0 Å². The van der Waals surface area contributed by atoms with E-state index in [0.717, 1.165) is 28.0 Å². The molecule has 3 aromatic rings. The van der Waals surface area contributed by atoms with E-state index in [4.69, 9.17) is 14.0 Å². The zero-order chi connectivity index (χ0) is 22.8. The Morgan fingerprint density at radius 1 is 1.06 bits per heavy atom. The van der Waals surface area contributed by atoms with Crippen molar-refractivity contribution in [2.75, 3.05) is 7.11 Å². The molecule has 2 heterocycles. The molecule has 0 fully saturated rings. The van der Waals surface area contributed by atoms with E-state index in [1.165, 1.54) is 12.0 Å². The van der Waals surface area contributed by atoms with Crippen molar-refractivity contribution in [2.45, 2.75) is 46.4 Å². The summed E-state index contributed by atoms with van der Waals surface area (Å²) in [5.74, 6) is 0.436. The lowest BCUT2D eigenvalue weighted by atomic mass is 9.93. The smallest absolute Gasteiger partial charge is 0.328 e. The van der Waals surface area contributed by atoms with Crippen molar-refractivity contribution >= 4 is 11.9 Å². The van der Waals surface area contributed by atoms with Gasteiger partial charge in [-0.2, -0.15) is 0 Å². The third kappa shape index (κ3) is 3.98. The van der Waals surface area contributed by atoms with Gasteiger partial charge in [-0.05, 0) is 43.0 Å². The average Bonchev–Trinajstić information content (AvgIpc) is 3.17. The SMILES string of the molecule is COC(=O)C1Cc2ccccc2CN1C(=O)c1noc(C)c1COc1c(C)cccc1C. The molecule has 7 nitrogen and oxygen atoms in total. The van der Waals surface area contributed by atoms with Crippen LogP contribution in [-0.2, 0) is 29.1 Å². The molecule has 32 heavy (non-hydrogen) atoms. The first-order valence-electron chi connectivity index (χ1n) is 10.5. The third-order valence-corrected chi connectivity index (χ3v) is 5.94. The zero-order valence-electron chi connectivity index (χ0n) is 18.7. The number of ether oxygens (including phenoxy) is 2. The number of aryl methyl sites for hydroxylation is 3. The summed E-state index contributed by atoms with van der Waals surface area (Å²) in [6.45, 7) is 6.12. The Balaban J connectivity index is 1.63. The van der Waals surface area contributed by atoms with Crippen LogP contribution < -0.4 is 4.74 Å². The van der Waals surface area contributed by atoms with Crippen LogP contribution in [0.15, 0.2) is 47.0 Å². The standard InChI is InChI=1S/C25H26N2O5/c1-15-8-7-9-16(2)23(15)31-14-20-17(3)32-26-22(20)24(28)27-13-19-11-6-5-10-18(19)12-21(27)25(29)30-4/h5-11,21H,12-14H2,1-4H3. The molecule has 166 valence electrons. The zero-order valence-corrected chi connectivity index (χ0v) is 18.7. The second-order valence-electron chi connectivity index (χ2n) is 8.02. The molecule has 1 unspecified atom stereocenters. The number of amides is 1. The van der Waals surface area contributed by atoms with Gasteiger partial charge in [0.05, 0.1) is 12.7 Å². The molecule has 0 bridgehead atoms. The van der Waals surface area contributed by atoms with Gasteiger partial charge < -0.3 is 18.9 Å². The first-order valence-corrected chi connectivity index (χ1v) is 10.5. The van der Waals surface area contributed by atoms with E-state index in [0.29, 0.717) is 17.7 Å². The van der Waals surface area contributed by atoms with Crippen molar-refractivity contribution < 1.29 is 23.6 Å². The summed E-state index contributed by atoms with van der Waals surface area (Å²) in [5.41, 5.74) is 4.76. The number of carbonyl (C=O) groups excluding carboxylic acids is 2. The summed E-state index contributed by atoms with van der Waals surface area (Å²) < 4.78 is 16.4. The maximum Gasteiger partial charge on any atom is 0.328 e. The fourth-order valence-electron chi connectivity index (χ4n) is 4.12. The van der Waals surface area contributed by atoms with Crippen LogP contribution in [0, 0.1) is 20.8 Å². The van der Waals surface area contributed by atoms with Gasteiger partial charge in [0.25, 0.3) is 5.91 Å². The first-order chi connectivity index (χ1) is 15.4. The van der Waals surface area contributed by atoms with E-state index < -0.39 is 12.0 Å². The molecule has 1 aliphatic rings. The van der Waals surface area contributed by atoms with Gasteiger partial charge in [0.2, 0.25) is 0 Å². The summed E-state index contributed by atoms with van der Waals surface area (Å²) >= 11 is 0. The highest BCUT2D eigenvalue weighted by Gasteiger charge is 2.38. The monoisotopic (exact) mass is 434 g/mol. The highest BCUT2D eigenvalue weighted by Crippen LogP contribution is 2.28. The molecule has 0 saturated heterocycles. The minimum atomic E-state index is -0.730. The molecule has 1 aromatic heterocycles. The van der Waals surface area contributed by atoms with E-state index in [2.05, 4.69) is 5.16 Å². The molecular formula is C25H26N2O5. The van der Waals surface area contributed by atoms with Gasteiger partial charge in [0, 0.05) is 13.0 Å². The fourth-order valence-corrected chi connectivity index (χ4v) is 4.12. The Labute approximate surface area is 186 Å². The minimum absolute atomic E-state index is 0.134. The number of carbonyl (C=O) groups is 2. The Morgan fingerprint density at radius 2 is 1.75 bits per heavy atom. The lowest BCUT2D eigenvalue weighted by Crippen LogP contribution is -2.49. The number of hydrogen-bond donors (Lipinski definition) is 0. The maximum absolute atomic E-state index is 13.6. The number of aromatic nitrogens is 1. The summed E-state index contributed by atoms with van der Waals surface area (Å²) in [4.78, 5) is 27.6. The summed E-state index contributed by atoms with van der Waals surface area (Å²) in [6.07, 6.45) is 0.389. The number of rotatable bonds is 5. The van der Waals surface area contributed by atoms with E-state index in [9.17, 15) is 9.59 Å². The normalized spacial score (nSPS) is 15.2. The number of para-hydroxylation sites is 1. The van der Waals surface area contributed by atoms with Crippen LogP contribution in [0.4, 0.5) is 0 Å². The number of esters is 1. The molecule has 4 rings (SSSR count). The topological polar surface area (TPSA) is 81.9 Å². The molecule has 0 N–H and O–H groups in total. The van der Waals surface area contributed by atoms with Gasteiger partial charge in [-0.15, -0.1) is 0 Å². The van der Waals surface area contributed by atoms with Gasteiger partial charge in [-0.3, -0.25) is 4.79 Å². The first kappa shape index (κ1) is 21.6. The molecule has 0 radical (unpaired) electrons. The van der Waals surface area contributed by atoms with Crippen LogP contribution >= 0.6 is 0 Å². The van der Waals surface area contributed by atoms with Crippen LogP contribution in [0.1, 0.15) is 44.1 Å². The van der Waals surface area contributed by atoms with Crippen molar-refractivity contribution in [1.29, 1.82) is 0 Å². The van der Waals surface area contributed by atoms with E-state index in [1.807, 2.05) is 56.3 Å². The number of nitrogens with zero attached hydrogens (tertiary/aromatic N) is 2. The maximum atomic E-state index is 13.6. The predicted molar refractivity (Wildman–Crippen MR) is 117 cm³/mol. The van der Waals surface area contributed by atoms with Crippen LogP contribution in [0.3, 0.4) is 0 Å². The molecule has 0 aliphatic carbocycles. The van der Waals surface area contributed by atoms with Crippen LogP contribution in [0.25, 0.3) is 0 Å². The quantitative estimate of drug-likeness (QED) is 0.566. The highest BCUT2D eigenvalue weighted by atomic mass is 16.5. The second-order valence-corrected chi connectivity index (χ2v) is 8.02. The Morgan fingerprint density at radius 3 is 2.44 bits per heavy atom. The van der Waals surface area contributed by atoms with E-state index in [-0.39, 0.29) is 24.8 Å². The summed E-state index contributed by atoms with van der Waals surface area (Å²) in [5, 5.41) is 4.03. The summed E-state index contributed by atoms with van der Waals surface area (Å²) in [7, 11) is 1.33. The van der Waals surface area contributed by atoms with Gasteiger partial charge in [-0.25, -0.2) is 4.79 Å². The number of hydrogen-bond acceptors (Lipinski definition) is 6. The molecule has 0 saturated carbocycles. The minimum Gasteiger partial charge on any atom is -0.488 e. The molecule has 0 spiro atoms. The number of fused-ring (bicyclic) bond motifs is 1. The molecule has 2 aromatic carbocycles. The van der Waals surface area contributed by atoms with E-state index >= 15 is 0 Å². The van der Waals surface area contributed by atoms with E-state index in [1.54, 1.807) is 6.92 Å². The number of methoxy groups -OCH3 is 1. The van der Waals surface area contributed by atoms with Crippen LogP contribution in [0.5, 0.6) is 5.75 Å². The number of benzene rings is 2. The predicted octanol–water partition coefficient (Wildman–Crippen LogP) is 3.92. The van der Waals surface area contributed by atoms with Crippen molar-refractivity contribution in [3.05, 3.63) is 81.7 Å². The second kappa shape index (κ2) is 8.86. The lowest BCUT2D eigenvalue weighted by molar-refractivity contribution is -0.146. The average molecular weight is 434 g/mol. The Bertz CT molecular complexity index is 1150. The van der Waals surface area contributed by atoms with Gasteiger partial charge in [0.1, 0.15) is 24.2 Å². The summed E-state index contributed by atoms with van der Waals surface area (Å²) in [6, 6.07) is 13.0. The van der Waals surface area contributed by atoms with Gasteiger partial charge >= 0.3 is 5.97 Å². The molecule has 1 aliphatic heterocycles. The molecular weight excluding hydrogens is 408 g/mol. The Kier molecular flexibility index (Phi) is 5.99. The molecule has 7 heteroatoms. The van der Waals surface area contributed by atoms with Crippen LogP contribution in [-0.4, -0.2) is 35.1 Å². The van der Waals surface area contributed by atoms with Crippen molar-refractivity contribution in [3.8, 4) is 5.75 Å².